The molecule has 1 heterocycles. The number of hydrogen-bond acceptors (Lipinski definition) is 5. The average molecular weight is 377 g/mol. The third-order valence-electron chi connectivity index (χ3n) is 3.76. The summed E-state index contributed by atoms with van der Waals surface area (Å²) in [6.07, 6.45) is -2.58. The highest BCUT2D eigenvalue weighted by Crippen LogP contribution is 2.23. The number of nitrogens with one attached hydrogen (secondary N) is 1. The standard InChI is InChI=1S/C18H14F3N3O3/c19-13-7-5-12(6-8-13)17(26)22-14(9-25)18-23-16(24-27-18)11-3-1-10(2-4-11)15(20)21/h1-8,14-15,25H,9H2,(H,22,26). The van der Waals surface area contributed by atoms with Crippen LogP contribution in [0.4, 0.5) is 13.2 Å². The number of carbonyl (C=O) groups is 1. The van der Waals surface area contributed by atoms with Gasteiger partial charge >= 0.3 is 0 Å². The molecular weight excluding hydrogens is 363 g/mol. The third-order valence-corrected chi connectivity index (χ3v) is 3.76. The number of hydrogen-bond donors (Lipinski definition) is 2. The number of rotatable bonds is 6. The zero-order valence-electron chi connectivity index (χ0n) is 13.8. The van der Waals surface area contributed by atoms with Crippen LogP contribution >= 0.6 is 0 Å². The minimum Gasteiger partial charge on any atom is -0.394 e. The summed E-state index contributed by atoms with van der Waals surface area (Å²) in [6.45, 7) is -0.515. The molecule has 0 saturated carbocycles. The van der Waals surface area contributed by atoms with Crippen molar-refractivity contribution in [2.45, 2.75) is 12.5 Å². The van der Waals surface area contributed by atoms with Crippen molar-refractivity contribution >= 4 is 5.91 Å². The van der Waals surface area contributed by atoms with Crippen molar-refractivity contribution in [1.29, 1.82) is 0 Å². The summed E-state index contributed by atoms with van der Waals surface area (Å²) in [6, 6.07) is 9.21. The van der Waals surface area contributed by atoms with E-state index in [1.807, 2.05) is 0 Å². The third kappa shape index (κ3) is 4.32. The van der Waals surface area contributed by atoms with Gasteiger partial charge in [-0.1, -0.05) is 29.4 Å². The molecule has 3 aromatic rings. The van der Waals surface area contributed by atoms with Crippen LogP contribution in [0.1, 0.15) is 34.3 Å². The van der Waals surface area contributed by atoms with Crippen LogP contribution in [0.3, 0.4) is 0 Å². The summed E-state index contributed by atoms with van der Waals surface area (Å²) >= 11 is 0. The minimum absolute atomic E-state index is 0.0547. The minimum atomic E-state index is -2.58. The molecule has 9 heteroatoms. The van der Waals surface area contributed by atoms with Crippen molar-refractivity contribution in [3.8, 4) is 11.4 Å². The molecule has 2 aromatic carbocycles. The van der Waals surface area contributed by atoms with Gasteiger partial charge in [0.2, 0.25) is 5.82 Å². The first kappa shape index (κ1) is 18.6. The zero-order chi connectivity index (χ0) is 19.4. The van der Waals surface area contributed by atoms with Crippen molar-refractivity contribution in [1.82, 2.24) is 15.5 Å². The molecule has 0 saturated heterocycles. The van der Waals surface area contributed by atoms with Crippen LogP contribution in [0.5, 0.6) is 0 Å². The molecule has 0 fully saturated rings. The van der Waals surface area contributed by atoms with Gasteiger partial charge in [-0.15, -0.1) is 0 Å². The Bertz CT molecular complexity index is 912. The van der Waals surface area contributed by atoms with Gasteiger partial charge in [-0.3, -0.25) is 4.79 Å². The van der Waals surface area contributed by atoms with Crippen LogP contribution in [-0.4, -0.2) is 27.8 Å². The van der Waals surface area contributed by atoms with E-state index in [1.165, 1.54) is 36.4 Å². The number of alkyl halides is 2. The van der Waals surface area contributed by atoms with Crippen molar-refractivity contribution in [3.63, 3.8) is 0 Å². The van der Waals surface area contributed by atoms with Gasteiger partial charge in [-0.2, -0.15) is 4.98 Å². The lowest BCUT2D eigenvalue weighted by atomic mass is 10.1. The van der Waals surface area contributed by atoms with E-state index in [1.54, 1.807) is 0 Å². The molecule has 0 aliphatic carbocycles. The maximum Gasteiger partial charge on any atom is 0.263 e. The molecule has 0 radical (unpaired) electrons. The Morgan fingerprint density at radius 2 is 1.78 bits per heavy atom. The molecule has 0 aliphatic heterocycles. The number of aliphatic hydroxyl groups is 1. The Morgan fingerprint density at radius 3 is 2.37 bits per heavy atom. The summed E-state index contributed by atoms with van der Waals surface area (Å²) in [4.78, 5) is 16.3. The molecular formula is C18H14F3N3O3. The smallest absolute Gasteiger partial charge is 0.263 e. The molecule has 0 aliphatic rings. The maximum atomic E-state index is 12.9. The average Bonchev–Trinajstić information content (AvgIpc) is 3.16. The van der Waals surface area contributed by atoms with E-state index >= 15 is 0 Å². The Kier molecular flexibility index (Phi) is 5.51. The topological polar surface area (TPSA) is 88.2 Å². The number of amides is 1. The predicted molar refractivity (Wildman–Crippen MR) is 88.4 cm³/mol. The number of carbonyl (C=O) groups excluding carboxylic acids is 1. The van der Waals surface area contributed by atoms with E-state index in [2.05, 4.69) is 15.5 Å². The largest absolute Gasteiger partial charge is 0.394 e. The van der Waals surface area contributed by atoms with Crippen LogP contribution in [0.15, 0.2) is 53.1 Å². The first-order valence-corrected chi connectivity index (χ1v) is 7.87. The molecule has 1 aromatic heterocycles. The lowest BCUT2D eigenvalue weighted by Crippen LogP contribution is -2.31. The van der Waals surface area contributed by atoms with Crippen LogP contribution < -0.4 is 5.32 Å². The van der Waals surface area contributed by atoms with Gasteiger partial charge in [0, 0.05) is 16.7 Å². The zero-order valence-corrected chi connectivity index (χ0v) is 13.8. The quantitative estimate of drug-likeness (QED) is 0.688. The van der Waals surface area contributed by atoms with Crippen LogP contribution in [-0.2, 0) is 0 Å². The van der Waals surface area contributed by atoms with E-state index in [-0.39, 0.29) is 22.8 Å². The maximum absolute atomic E-state index is 12.9. The van der Waals surface area contributed by atoms with E-state index in [0.29, 0.717) is 5.56 Å². The second-order valence-corrected chi connectivity index (χ2v) is 5.59. The predicted octanol–water partition coefficient (Wildman–Crippen LogP) is 3.28. The van der Waals surface area contributed by atoms with Crippen LogP contribution in [0.25, 0.3) is 11.4 Å². The summed E-state index contributed by atoms with van der Waals surface area (Å²) in [5.41, 5.74) is 0.496. The number of halogens is 3. The normalized spacial score (nSPS) is 12.2. The van der Waals surface area contributed by atoms with Gasteiger partial charge in [0.15, 0.2) is 0 Å². The Morgan fingerprint density at radius 1 is 1.11 bits per heavy atom. The van der Waals surface area contributed by atoms with Crippen molar-refractivity contribution < 1.29 is 27.6 Å². The molecule has 140 valence electrons. The number of aromatic nitrogens is 2. The fourth-order valence-corrected chi connectivity index (χ4v) is 2.30. The highest BCUT2D eigenvalue weighted by Gasteiger charge is 2.22. The van der Waals surface area contributed by atoms with Crippen molar-refractivity contribution in [2.24, 2.45) is 0 Å². The Hall–Kier alpha value is -3.20. The van der Waals surface area contributed by atoms with Gasteiger partial charge in [0.05, 0.1) is 6.61 Å². The summed E-state index contributed by atoms with van der Waals surface area (Å²) in [5, 5.41) is 15.7. The highest BCUT2D eigenvalue weighted by molar-refractivity contribution is 5.94. The number of nitrogens with zero attached hydrogens (tertiary/aromatic N) is 2. The second kappa shape index (κ2) is 8.00. The molecule has 1 amide bonds. The second-order valence-electron chi connectivity index (χ2n) is 5.59. The van der Waals surface area contributed by atoms with Gasteiger partial charge in [-0.25, -0.2) is 13.2 Å². The molecule has 1 atom stereocenters. The fraction of sp³-hybridized carbons (Fsp3) is 0.167. The first-order valence-electron chi connectivity index (χ1n) is 7.87. The monoisotopic (exact) mass is 377 g/mol. The lowest BCUT2D eigenvalue weighted by Gasteiger charge is -2.12. The van der Waals surface area contributed by atoms with E-state index in [4.69, 9.17) is 4.52 Å². The molecule has 1 unspecified atom stereocenters. The molecule has 2 N–H and O–H groups in total. The van der Waals surface area contributed by atoms with E-state index in [9.17, 15) is 23.1 Å². The SMILES string of the molecule is O=C(NC(CO)c1nc(-c2ccc(C(F)F)cc2)no1)c1ccc(F)cc1. The van der Waals surface area contributed by atoms with Crippen LogP contribution in [0.2, 0.25) is 0 Å². The molecule has 0 spiro atoms. The van der Waals surface area contributed by atoms with Crippen LogP contribution in [0, 0.1) is 5.82 Å². The molecule has 0 bridgehead atoms. The van der Waals surface area contributed by atoms with E-state index < -0.39 is 30.8 Å². The van der Waals surface area contributed by atoms with E-state index in [0.717, 1.165) is 12.1 Å². The summed E-state index contributed by atoms with van der Waals surface area (Å²) in [7, 11) is 0. The summed E-state index contributed by atoms with van der Waals surface area (Å²) in [5.74, 6) is -0.971. The van der Waals surface area contributed by atoms with Gasteiger partial charge in [0.1, 0.15) is 11.9 Å². The van der Waals surface area contributed by atoms with Gasteiger partial charge < -0.3 is 14.9 Å². The summed E-state index contributed by atoms with van der Waals surface area (Å²) < 4.78 is 43.2. The van der Waals surface area contributed by atoms with Gasteiger partial charge in [-0.05, 0) is 24.3 Å². The van der Waals surface area contributed by atoms with Crippen molar-refractivity contribution in [3.05, 3.63) is 71.4 Å². The molecule has 3 rings (SSSR count). The number of benzene rings is 2. The molecule has 27 heavy (non-hydrogen) atoms. The lowest BCUT2D eigenvalue weighted by molar-refractivity contribution is 0.0901. The Balaban J connectivity index is 1.74. The van der Waals surface area contributed by atoms with Crippen molar-refractivity contribution in [2.75, 3.05) is 6.61 Å². The highest BCUT2D eigenvalue weighted by atomic mass is 19.3. The fourth-order valence-electron chi connectivity index (χ4n) is 2.30. The molecule has 6 nitrogen and oxygen atoms in total. The Labute approximate surface area is 151 Å². The van der Waals surface area contributed by atoms with Gasteiger partial charge in [0.25, 0.3) is 18.2 Å². The first-order chi connectivity index (χ1) is 13.0. The number of aliphatic hydroxyl groups excluding tert-OH is 1.